The maximum atomic E-state index is 5.62. The molecular weight excluding hydrogens is 230 g/mol. The van der Waals surface area contributed by atoms with Crippen molar-refractivity contribution in [1.82, 2.24) is 15.0 Å². The van der Waals surface area contributed by atoms with Crippen molar-refractivity contribution in [2.45, 2.75) is 26.7 Å². The Labute approximate surface area is 108 Å². The van der Waals surface area contributed by atoms with E-state index in [-0.39, 0.29) is 0 Å². The Bertz CT molecular complexity index is 390. The van der Waals surface area contributed by atoms with Crippen molar-refractivity contribution in [3.05, 3.63) is 0 Å². The van der Waals surface area contributed by atoms with Crippen molar-refractivity contribution in [2.24, 2.45) is 5.92 Å². The van der Waals surface area contributed by atoms with Gasteiger partial charge < -0.3 is 15.0 Å². The van der Waals surface area contributed by atoms with Gasteiger partial charge >= 0.3 is 6.01 Å². The fraction of sp³-hybridized carbons (Fsp3) is 0.750. The van der Waals surface area contributed by atoms with Gasteiger partial charge in [-0.2, -0.15) is 15.0 Å². The molecule has 1 aromatic heterocycles. The van der Waals surface area contributed by atoms with Crippen LogP contribution < -0.4 is 15.0 Å². The average Bonchev–Trinajstić information content (AvgIpc) is 3.21. The van der Waals surface area contributed by atoms with Crippen LogP contribution in [0.5, 0.6) is 6.01 Å². The number of hydrogen-bond acceptors (Lipinski definition) is 6. The van der Waals surface area contributed by atoms with Gasteiger partial charge in [0.15, 0.2) is 0 Å². The number of nitrogens with one attached hydrogen (secondary N) is 1. The van der Waals surface area contributed by atoms with Gasteiger partial charge in [0.05, 0.1) is 6.61 Å². The largest absolute Gasteiger partial charge is 0.463 e. The van der Waals surface area contributed by atoms with Crippen molar-refractivity contribution >= 4 is 11.9 Å². The highest BCUT2D eigenvalue weighted by molar-refractivity contribution is 5.37. The standard InChI is InChI=1S/C12H21N5O/c1-4-17(5-2)11-14-10(13-3)15-12(16-11)18-8-9-6-7-9/h9H,4-8H2,1-3H3,(H,13,14,15,16). The first-order valence-electron chi connectivity index (χ1n) is 6.58. The van der Waals surface area contributed by atoms with Gasteiger partial charge in [-0.1, -0.05) is 0 Å². The molecule has 0 radical (unpaired) electrons. The monoisotopic (exact) mass is 251 g/mol. The number of ether oxygens (including phenoxy) is 1. The van der Waals surface area contributed by atoms with Crippen LogP contribution in [-0.2, 0) is 0 Å². The molecule has 0 aromatic carbocycles. The molecule has 1 fully saturated rings. The first kappa shape index (κ1) is 12.9. The van der Waals surface area contributed by atoms with E-state index < -0.39 is 0 Å². The van der Waals surface area contributed by atoms with Crippen LogP contribution in [0.4, 0.5) is 11.9 Å². The zero-order chi connectivity index (χ0) is 13.0. The second-order valence-electron chi connectivity index (χ2n) is 4.42. The molecule has 0 bridgehead atoms. The summed E-state index contributed by atoms with van der Waals surface area (Å²) in [6, 6.07) is 0.420. The molecule has 6 heteroatoms. The molecule has 100 valence electrons. The normalized spacial score (nSPS) is 14.4. The summed E-state index contributed by atoms with van der Waals surface area (Å²) in [6.07, 6.45) is 2.51. The summed E-state index contributed by atoms with van der Waals surface area (Å²) >= 11 is 0. The van der Waals surface area contributed by atoms with E-state index in [1.165, 1.54) is 12.8 Å². The third kappa shape index (κ3) is 3.21. The lowest BCUT2D eigenvalue weighted by molar-refractivity contribution is 0.276. The van der Waals surface area contributed by atoms with Gasteiger partial charge in [0.2, 0.25) is 11.9 Å². The summed E-state index contributed by atoms with van der Waals surface area (Å²) in [5.74, 6) is 1.92. The third-order valence-corrected chi connectivity index (χ3v) is 3.02. The maximum Gasteiger partial charge on any atom is 0.323 e. The lowest BCUT2D eigenvalue weighted by atomic mass is 10.5. The van der Waals surface area contributed by atoms with E-state index >= 15 is 0 Å². The molecule has 1 aliphatic rings. The van der Waals surface area contributed by atoms with Gasteiger partial charge in [-0.05, 0) is 32.6 Å². The van der Waals surface area contributed by atoms with Crippen LogP contribution in [0.25, 0.3) is 0 Å². The van der Waals surface area contributed by atoms with Crippen LogP contribution in [0, 0.1) is 5.92 Å². The van der Waals surface area contributed by atoms with E-state index in [1.807, 2.05) is 0 Å². The summed E-state index contributed by atoms with van der Waals surface area (Å²) in [4.78, 5) is 15.0. The van der Waals surface area contributed by atoms with Crippen LogP contribution in [0.1, 0.15) is 26.7 Å². The van der Waals surface area contributed by atoms with E-state index in [2.05, 4.69) is 39.0 Å². The highest BCUT2D eigenvalue weighted by Gasteiger charge is 2.23. The summed E-state index contributed by atoms with van der Waals surface area (Å²) in [5.41, 5.74) is 0. The molecule has 18 heavy (non-hydrogen) atoms. The van der Waals surface area contributed by atoms with Gasteiger partial charge in [0, 0.05) is 20.1 Å². The SMILES string of the molecule is CCN(CC)c1nc(NC)nc(OCC2CC2)n1. The molecule has 6 nitrogen and oxygen atoms in total. The molecule has 0 unspecified atom stereocenters. The minimum absolute atomic E-state index is 0.420. The molecule has 0 aliphatic heterocycles. The summed E-state index contributed by atoms with van der Waals surface area (Å²) in [6.45, 7) is 6.61. The first-order chi connectivity index (χ1) is 8.76. The molecule has 1 aromatic rings. The molecule has 0 spiro atoms. The van der Waals surface area contributed by atoms with Gasteiger partial charge in [0.1, 0.15) is 0 Å². The van der Waals surface area contributed by atoms with E-state index in [0.717, 1.165) is 13.1 Å². The van der Waals surface area contributed by atoms with E-state index in [4.69, 9.17) is 4.74 Å². The quantitative estimate of drug-likeness (QED) is 0.793. The van der Waals surface area contributed by atoms with Crippen LogP contribution in [-0.4, -0.2) is 41.7 Å². The molecule has 1 aliphatic carbocycles. The molecule has 0 saturated heterocycles. The summed E-state index contributed by atoms with van der Waals surface area (Å²) in [5, 5.41) is 2.95. The Morgan fingerprint density at radius 3 is 2.50 bits per heavy atom. The van der Waals surface area contributed by atoms with Crippen LogP contribution in [0.15, 0.2) is 0 Å². The Morgan fingerprint density at radius 2 is 1.94 bits per heavy atom. The second kappa shape index (κ2) is 5.84. The number of anilines is 2. The van der Waals surface area contributed by atoms with Gasteiger partial charge in [0.25, 0.3) is 0 Å². The zero-order valence-corrected chi connectivity index (χ0v) is 11.3. The second-order valence-corrected chi connectivity index (χ2v) is 4.42. The zero-order valence-electron chi connectivity index (χ0n) is 11.3. The van der Waals surface area contributed by atoms with Crippen LogP contribution in [0.3, 0.4) is 0 Å². The minimum Gasteiger partial charge on any atom is -0.463 e. The topological polar surface area (TPSA) is 63.2 Å². The third-order valence-electron chi connectivity index (χ3n) is 3.02. The van der Waals surface area contributed by atoms with E-state index in [1.54, 1.807) is 7.05 Å². The molecule has 1 saturated carbocycles. The van der Waals surface area contributed by atoms with Gasteiger partial charge in [-0.15, -0.1) is 0 Å². The van der Waals surface area contributed by atoms with Crippen molar-refractivity contribution < 1.29 is 4.74 Å². The maximum absolute atomic E-state index is 5.62. The summed E-state index contributed by atoms with van der Waals surface area (Å²) < 4.78 is 5.62. The molecule has 0 atom stereocenters. The number of nitrogens with zero attached hydrogens (tertiary/aromatic N) is 4. The smallest absolute Gasteiger partial charge is 0.323 e. The first-order valence-corrected chi connectivity index (χ1v) is 6.58. The minimum atomic E-state index is 0.420. The molecule has 2 rings (SSSR count). The Hall–Kier alpha value is -1.59. The molecule has 1 N–H and O–H groups in total. The predicted molar refractivity (Wildman–Crippen MR) is 71.2 cm³/mol. The summed E-state index contributed by atoms with van der Waals surface area (Å²) in [7, 11) is 1.80. The Morgan fingerprint density at radius 1 is 1.22 bits per heavy atom. The highest BCUT2D eigenvalue weighted by atomic mass is 16.5. The molecule has 1 heterocycles. The highest BCUT2D eigenvalue weighted by Crippen LogP contribution is 2.29. The number of rotatable bonds is 7. The Kier molecular flexibility index (Phi) is 4.17. The van der Waals surface area contributed by atoms with Crippen molar-refractivity contribution in [1.29, 1.82) is 0 Å². The fourth-order valence-electron chi connectivity index (χ4n) is 1.65. The predicted octanol–water partition coefficient (Wildman–Crippen LogP) is 1.55. The van der Waals surface area contributed by atoms with E-state index in [0.29, 0.717) is 30.4 Å². The van der Waals surface area contributed by atoms with Gasteiger partial charge in [-0.25, -0.2) is 0 Å². The molecular formula is C12H21N5O. The lowest BCUT2D eigenvalue weighted by Gasteiger charge is -2.19. The van der Waals surface area contributed by atoms with Crippen LogP contribution >= 0.6 is 0 Å². The van der Waals surface area contributed by atoms with Crippen molar-refractivity contribution in [3.8, 4) is 6.01 Å². The van der Waals surface area contributed by atoms with Crippen LogP contribution in [0.2, 0.25) is 0 Å². The fourth-order valence-corrected chi connectivity index (χ4v) is 1.65. The van der Waals surface area contributed by atoms with E-state index in [9.17, 15) is 0 Å². The Balaban J connectivity index is 2.13. The molecule has 0 amide bonds. The average molecular weight is 251 g/mol. The van der Waals surface area contributed by atoms with Crippen molar-refractivity contribution in [2.75, 3.05) is 37.0 Å². The number of hydrogen-bond donors (Lipinski definition) is 1. The van der Waals surface area contributed by atoms with Crippen molar-refractivity contribution in [3.63, 3.8) is 0 Å². The number of aromatic nitrogens is 3. The lowest BCUT2D eigenvalue weighted by Crippen LogP contribution is -2.25. The van der Waals surface area contributed by atoms with Gasteiger partial charge in [-0.3, -0.25) is 0 Å².